The lowest BCUT2D eigenvalue weighted by atomic mass is 10.1. The third-order valence-electron chi connectivity index (χ3n) is 4.78. The van der Waals surface area contributed by atoms with Gasteiger partial charge in [-0.3, -0.25) is 4.57 Å². The molecule has 0 spiro atoms. The zero-order valence-corrected chi connectivity index (χ0v) is 17.1. The maximum atomic E-state index is 12.6. The SMILES string of the molecule is CCN1C=CCC(C(=O)OCOC(=O)n2cc(CCN(C)C)c3ccccc32)=C1. The normalized spacial score (nSPS) is 13.7. The minimum atomic E-state index is -0.571. The molecule has 29 heavy (non-hydrogen) atoms. The third kappa shape index (κ3) is 5.06. The van der Waals surface area contributed by atoms with Crippen LogP contribution in [0.3, 0.4) is 0 Å². The molecule has 7 nitrogen and oxygen atoms in total. The lowest BCUT2D eigenvalue weighted by Crippen LogP contribution is -2.20. The Kier molecular flexibility index (Phi) is 6.72. The first-order valence-corrected chi connectivity index (χ1v) is 9.70. The number of hydrogen-bond acceptors (Lipinski definition) is 6. The van der Waals surface area contributed by atoms with E-state index >= 15 is 0 Å². The van der Waals surface area contributed by atoms with Crippen LogP contribution in [0, 0.1) is 0 Å². The molecule has 3 rings (SSSR count). The molecule has 1 aromatic heterocycles. The van der Waals surface area contributed by atoms with E-state index in [9.17, 15) is 9.59 Å². The molecule has 0 radical (unpaired) electrons. The number of para-hydroxylation sites is 1. The van der Waals surface area contributed by atoms with Crippen LogP contribution in [0.25, 0.3) is 10.9 Å². The van der Waals surface area contributed by atoms with Gasteiger partial charge in [-0.2, -0.15) is 0 Å². The molecule has 0 N–H and O–H groups in total. The fourth-order valence-electron chi connectivity index (χ4n) is 3.18. The Morgan fingerprint density at radius 3 is 2.72 bits per heavy atom. The lowest BCUT2D eigenvalue weighted by Gasteiger charge is -2.18. The molecule has 7 heteroatoms. The summed E-state index contributed by atoms with van der Waals surface area (Å²) in [6.45, 7) is 3.20. The lowest BCUT2D eigenvalue weighted by molar-refractivity contribution is -0.147. The summed E-state index contributed by atoms with van der Waals surface area (Å²) in [5.41, 5.74) is 2.38. The van der Waals surface area contributed by atoms with Crippen LogP contribution >= 0.6 is 0 Å². The van der Waals surface area contributed by atoms with Crippen molar-refractivity contribution >= 4 is 23.0 Å². The molecule has 1 aromatic carbocycles. The van der Waals surface area contributed by atoms with Crippen molar-refractivity contribution in [1.82, 2.24) is 14.4 Å². The average Bonchev–Trinajstić information content (AvgIpc) is 3.11. The summed E-state index contributed by atoms with van der Waals surface area (Å²) in [4.78, 5) is 28.8. The molecule has 2 aromatic rings. The monoisotopic (exact) mass is 397 g/mol. The van der Waals surface area contributed by atoms with Gasteiger partial charge >= 0.3 is 12.1 Å². The molecule has 0 atom stereocenters. The summed E-state index contributed by atoms with van der Waals surface area (Å²) in [6, 6.07) is 7.70. The van der Waals surface area contributed by atoms with E-state index in [4.69, 9.17) is 9.47 Å². The summed E-state index contributed by atoms with van der Waals surface area (Å²) in [5.74, 6) is -0.482. The molecule has 0 saturated carbocycles. The predicted octanol–water partition coefficient (Wildman–Crippen LogP) is 3.35. The quantitative estimate of drug-likeness (QED) is 0.527. The fraction of sp³-hybridized carbons (Fsp3) is 0.364. The first kappa shape index (κ1) is 20.7. The van der Waals surface area contributed by atoms with E-state index in [1.165, 1.54) is 4.57 Å². The Morgan fingerprint density at radius 1 is 1.17 bits per heavy atom. The van der Waals surface area contributed by atoms with Crippen LogP contribution in [0.1, 0.15) is 18.9 Å². The number of hydrogen-bond donors (Lipinski definition) is 0. The van der Waals surface area contributed by atoms with E-state index < -0.39 is 18.9 Å². The van der Waals surface area contributed by atoms with Crippen molar-refractivity contribution in [3.8, 4) is 0 Å². The van der Waals surface area contributed by atoms with Crippen molar-refractivity contribution in [3.05, 3.63) is 60.1 Å². The van der Waals surface area contributed by atoms with Crippen LogP contribution in [-0.4, -0.2) is 60.4 Å². The van der Waals surface area contributed by atoms with Crippen LogP contribution < -0.4 is 0 Å². The van der Waals surface area contributed by atoms with Gasteiger partial charge in [0.25, 0.3) is 0 Å². The number of likely N-dealkylation sites (N-methyl/N-ethyl adjacent to an activating group) is 1. The number of aromatic nitrogens is 1. The van der Waals surface area contributed by atoms with Gasteiger partial charge < -0.3 is 19.3 Å². The molecule has 0 aliphatic carbocycles. The van der Waals surface area contributed by atoms with Gasteiger partial charge in [0.2, 0.25) is 6.79 Å². The summed E-state index contributed by atoms with van der Waals surface area (Å²) < 4.78 is 11.8. The number of benzene rings is 1. The molecule has 154 valence electrons. The second kappa shape index (κ2) is 9.43. The van der Waals surface area contributed by atoms with Crippen LogP contribution in [0.4, 0.5) is 4.79 Å². The minimum Gasteiger partial charge on any atom is -0.424 e. The molecule has 0 unspecified atom stereocenters. The highest BCUT2D eigenvalue weighted by Crippen LogP contribution is 2.22. The van der Waals surface area contributed by atoms with Crippen LogP contribution in [0.15, 0.2) is 54.5 Å². The van der Waals surface area contributed by atoms with Gasteiger partial charge in [0.1, 0.15) is 0 Å². The van der Waals surface area contributed by atoms with Crippen LogP contribution in [0.5, 0.6) is 0 Å². The van der Waals surface area contributed by atoms with E-state index in [1.807, 2.05) is 62.5 Å². The van der Waals surface area contributed by atoms with E-state index in [0.29, 0.717) is 12.0 Å². The van der Waals surface area contributed by atoms with Gasteiger partial charge in [-0.25, -0.2) is 9.59 Å². The average molecular weight is 397 g/mol. The summed E-state index contributed by atoms with van der Waals surface area (Å²) in [6.07, 6.45) is 8.11. The van der Waals surface area contributed by atoms with Gasteiger partial charge in [-0.15, -0.1) is 0 Å². The predicted molar refractivity (Wildman–Crippen MR) is 111 cm³/mol. The molecule has 0 fully saturated rings. The highest BCUT2D eigenvalue weighted by atomic mass is 16.7. The molecule has 0 amide bonds. The zero-order chi connectivity index (χ0) is 20.8. The van der Waals surface area contributed by atoms with Crippen molar-refractivity contribution in [3.63, 3.8) is 0 Å². The van der Waals surface area contributed by atoms with Crippen molar-refractivity contribution < 1.29 is 19.1 Å². The first-order valence-electron chi connectivity index (χ1n) is 9.70. The molecular weight excluding hydrogens is 370 g/mol. The zero-order valence-electron chi connectivity index (χ0n) is 17.1. The number of esters is 1. The summed E-state index contributed by atoms with van der Waals surface area (Å²) in [7, 11) is 4.03. The van der Waals surface area contributed by atoms with Crippen molar-refractivity contribution in [2.24, 2.45) is 0 Å². The van der Waals surface area contributed by atoms with E-state index in [0.717, 1.165) is 36.0 Å². The number of carbonyl (C=O) groups is 2. The van der Waals surface area contributed by atoms with E-state index in [2.05, 4.69) is 4.90 Å². The number of allylic oxidation sites excluding steroid dienone is 1. The number of nitrogens with zero attached hydrogens (tertiary/aromatic N) is 3. The number of ether oxygens (including phenoxy) is 2. The Balaban J connectivity index is 1.63. The topological polar surface area (TPSA) is 64.0 Å². The third-order valence-corrected chi connectivity index (χ3v) is 4.78. The summed E-state index contributed by atoms with van der Waals surface area (Å²) >= 11 is 0. The Labute approximate surface area is 170 Å². The van der Waals surface area contributed by atoms with E-state index in [1.54, 1.807) is 12.4 Å². The second-order valence-electron chi connectivity index (χ2n) is 7.13. The molecule has 0 bridgehead atoms. The Hall–Kier alpha value is -3.06. The molecular formula is C22H27N3O4. The maximum absolute atomic E-state index is 12.6. The highest BCUT2D eigenvalue weighted by molar-refractivity contribution is 5.92. The van der Waals surface area contributed by atoms with Crippen LogP contribution in [-0.2, 0) is 20.7 Å². The highest BCUT2D eigenvalue weighted by Gasteiger charge is 2.17. The standard InChI is InChI=1S/C22H27N3O4/c1-4-24-12-7-8-18(14-24)21(26)28-16-29-22(27)25-15-17(11-13-23(2)3)19-9-5-6-10-20(19)25/h5-7,9-10,12,14-15H,4,8,11,13,16H2,1-3H3. The van der Waals surface area contributed by atoms with Crippen molar-refractivity contribution in [1.29, 1.82) is 0 Å². The smallest absolute Gasteiger partial charge is 0.421 e. The van der Waals surface area contributed by atoms with Gasteiger partial charge in [0.05, 0.1) is 11.1 Å². The van der Waals surface area contributed by atoms with Crippen molar-refractivity contribution in [2.75, 3.05) is 34.0 Å². The van der Waals surface area contributed by atoms with Crippen molar-refractivity contribution in [2.45, 2.75) is 19.8 Å². The Morgan fingerprint density at radius 2 is 1.97 bits per heavy atom. The van der Waals surface area contributed by atoms with Crippen LogP contribution in [0.2, 0.25) is 0 Å². The van der Waals surface area contributed by atoms with Gasteiger partial charge in [0, 0.05) is 37.3 Å². The molecule has 0 saturated heterocycles. The van der Waals surface area contributed by atoms with Gasteiger partial charge in [-0.1, -0.05) is 24.3 Å². The maximum Gasteiger partial charge on any atom is 0.421 e. The number of carbonyl (C=O) groups excluding carboxylic acids is 2. The second-order valence-corrected chi connectivity index (χ2v) is 7.13. The number of rotatable bonds is 7. The van der Waals surface area contributed by atoms with Gasteiger partial charge in [-0.05, 0) is 45.3 Å². The number of fused-ring (bicyclic) bond motifs is 1. The van der Waals surface area contributed by atoms with E-state index in [-0.39, 0.29) is 0 Å². The summed E-state index contributed by atoms with van der Waals surface area (Å²) in [5, 5.41) is 1.02. The fourth-order valence-corrected chi connectivity index (χ4v) is 3.18. The Bertz CT molecular complexity index is 943. The largest absolute Gasteiger partial charge is 0.424 e. The minimum absolute atomic E-state index is 0.426. The molecule has 1 aliphatic rings. The molecule has 2 heterocycles. The first-order chi connectivity index (χ1) is 14.0. The van der Waals surface area contributed by atoms with Gasteiger partial charge in [0.15, 0.2) is 0 Å². The molecule has 1 aliphatic heterocycles.